The van der Waals surface area contributed by atoms with Crippen molar-refractivity contribution in [2.45, 2.75) is 33.1 Å². The zero-order valence-electron chi connectivity index (χ0n) is 15.1. The molecule has 1 aliphatic rings. The van der Waals surface area contributed by atoms with E-state index in [9.17, 15) is 0 Å². The molecule has 126 valence electrons. The van der Waals surface area contributed by atoms with Gasteiger partial charge in [-0.05, 0) is 35.4 Å². The van der Waals surface area contributed by atoms with Crippen LogP contribution in [0.25, 0.3) is 27.5 Å². The lowest BCUT2D eigenvalue weighted by Crippen LogP contribution is -2.26. The van der Waals surface area contributed by atoms with Crippen molar-refractivity contribution in [2.75, 3.05) is 0 Å². The van der Waals surface area contributed by atoms with E-state index in [-0.39, 0.29) is 5.41 Å². The maximum absolute atomic E-state index is 3.73. The van der Waals surface area contributed by atoms with E-state index in [1.807, 2.05) is 13.8 Å². The lowest BCUT2D eigenvalue weighted by Gasteiger charge is -2.34. The Kier molecular flexibility index (Phi) is 3.77. The molecule has 25 heavy (non-hydrogen) atoms. The first-order chi connectivity index (χ1) is 12.1. The average molecular weight is 392 g/mol. The number of hydrogen-bond acceptors (Lipinski definition) is 0. The van der Waals surface area contributed by atoms with Crippen LogP contribution in [0.1, 0.15) is 38.8 Å². The Morgan fingerprint density at radius 2 is 1.48 bits per heavy atom. The van der Waals surface area contributed by atoms with Crippen molar-refractivity contribution in [1.82, 2.24) is 4.57 Å². The molecule has 0 spiro atoms. The summed E-state index contributed by atoms with van der Waals surface area (Å²) in [4.78, 5) is 0. The van der Waals surface area contributed by atoms with Gasteiger partial charge in [-0.25, -0.2) is 0 Å². The molecule has 0 unspecified atom stereocenters. The third-order valence-electron chi connectivity index (χ3n) is 5.23. The molecule has 1 aliphatic heterocycles. The Morgan fingerprint density at radius 1 is 0.800 bits per heavy atom. The van der Waals surface area contributed by atoms with E-state index in [4.69, 9.17) is 0 Å². The van der Waals surface area contributed by atoms with Gasteiger partial charge in [0.05, 0.1) is 16.7 Å². The molecular formula is C23H22BrN. The van der Waals surface area contributed by atoms with Gasteiger partial charge < -0.3 is 4.57 Å². The normalized spacial score (nSPS) is 14.1. The second-order valence-corrected chi connectivity index (χ2v) is 7.76. The lowest BCUT2D eigenvalue weighted by atomic mass is 9.75. The van der Waals surface area contributed by atoms with Gasteiger partial charge in [0.1, 0.15) is 0 Å². The first-order valence-corrected chi connectivity index (χ1v) is 9.71. The van der Waals surface area contributed by atoms with Gasteiger partial charge in [0.15, 0.2) is 0 Å². The van der Waals surface area contributed by atoms with E-state index in [2.05, 4.69) is 95.0 Å². The first-order valence-electron chi connectivity index (χ1n) is 8.92. The second kappa shape index (κ2) is 5.74. The molecule has 0 saturated heterocycles. The number of nitrogens with zero attached hydrogens (tertiary/aromatic N) is 1. The standard InChI is InChI=1S/C21H16BrN.C2H6/c1-21(2)16-8-4-6-10-19(16)23-18-9-5-3-7-14(18)15-11-13(22)12-17(21)20(15)23;1-2/h3-12H,1-2H3;1-2H3. The Morgan fingerprint density at radius 3 is 2.28 bits per heavy atom. The van der Waals surface area contributed by atoms with Crippen LogP contribution >= 0.6 is 15.9 Å². The van der Waals surface area contributed by atoms with Gasteiger partial charge in [-0.1, -0.05) is 80.0 Å². The van der Waals surface area contributed by atoms with E-state index < -0.39 is 0 Å². The smallest absolute Gasteiger partial charge is 0.0582 e. The number of benzene rings is 3. The quantitative estimate of drug-likeness (QED) is 0.298. The average Bonchev–Trinajstić information content (AvgIpc) is 2.96. The molecule has 1 aromatic heterocycles. The zero-order chi connectivity index (χ0) is 17.8. The van der Waals surface area contributed by atoms with Crippen LogP contribution in [0.15, 0.2) is 65.1 Å². The lowest BCUT2D eigenvalue weighted by molar-refractivity contribution is 0.630. The van der Waals surface area contributed by atoms with Crippen molar-refractivity contribution in [3.05, 3.63) is 76.3 Å². The molecule has 0 saturated carbocycles. The summed E-state index contributed by atoms with van der Waals surface area (Å²) < 4.78 is 3.59. The van der Waals surface area contributed by atoms with Crippen LogP contribution in [0.2, 0.25) is 0 Å². The minimum Gasteiger partial charge on any atom is -0.309 e. The molecule has 1 nitrogen and oxygen atoms in total. The molecule has 0 atom stereocenters. The van der Waals surface area contributed by atoms with E-state index in [0.29, 0.717) is 0 Å². The maximum Gasteiger partial charge on any atom is 0.0582 e. The summed E-state index contributed by atoms with van der Waals surface area (Å²) in [6.45, 7) is 8.66. The van der Waals surface area contributed by atoms with Crippen LogP contribution in [0.5, 0.6) is 0 Å². The Labute approximate surface area is 157 Å². The van der Waals surface area contributed by atoms with Gasteiger partial charge in [0.25, 0.3) is 0 Å². The monoisotopic (exact) mass is 391 g/mol. The summed E-state index contributed by atoms with van der Waals surface area (Å²) in [5.41, 5.74) is 6.69. The summed E-state index contributed by atoms with van der Waals surface area (Å²) in [5.74, 6) is 0. The summed E-state index contributed by atoms with van der Waals surface area (Å²) in [6, 6.07) is 22.0. The van der Waals surface area contributed by atoms with Gasteiger partial charge in [-0.2, -0.15) is 0 Å². The number of rotatable bonds is 0. The molecule has 3 aromatic carbocycles. The van der Waals surface area contributed by atoms with Gasteiger partial charge in [0.2, 0.25) is 0 Å². The SMILES string of the molecule is CC.CC1(C)c2ccccc2-n2c3ccccc3c3cc(Br)cc1c32. The van der Waals surface area contributed by atoms with E-state index in [1.165, 1.54) is 38.6 Å². The largest absolute Gasteiger partial charge is 0.309 e. The van der Waals surface area contributed by atoms with Gasteiger partial charge in [0, 0.05) is 20.7 Å². The minimum atomic E-state index is -0.0109. The van der Waals surface area contributed by atoms with E-state index in [0.717, 1.165) is 4.47 Å². The van der Waals surface area contributed by atoms with E-state index in [1.54, 1.807) is 0 Å². The van der Waals surface area contributed by atoms with Crippen molar-refractivity contribution in [3.8, 4) is 5.69 Å². The van der Waals surface area contributed by atoms with Crippen molar-refractivity contribution in [2.24, 2.45) is 0 Å². The fourth-order valence-corrected chi connectivity index (χ4v) is 4.59. The van der Waals surface area contributed by atoms with Gasteiger partial charge >= 0.3 is 0 Å². The van der Waals surface area contributed by atoms with Crippen molar-refractivity contribution in [1.29, 1.82) is 0 Å². The third kappa shape index (κ3) is 2.13. The molecule has 0 N–H and O–H groups in total. The number of aromatic nitrogens is 1. The van der Waals surface area contributed by atoms with Gasteiger partial charge in [-0.3, -0.25) is 0 Å². The minimum absolute atomic E-state index is 0.0109. The van der Waals surface area contributed by atoms with Crippen LogP contribution in [0.3, 0.4) is 0 Å². The van der Waals surface area contributed by atoms with Crippen LogP contribution in [-0.4, -0.2) is 4.57 Å². The van der Waals surface area contributed by atoms with Crippen molar-refractivity contribution in [3.63, 3.8) is 0 Å². The highest BCUT2D eigenvalue weighted by Gasteiger charge is 2.35. The fourth-order valence-electron chi connectivity index (χ4n) is 4.13. The molecule has 0 radical (unpaired) electrons. The van der Waals surface area contributed by atoms with Crippen LogP contribution < -0.4 is 0 Å². The molecular weight excluding hydrogens is 370 g/mol. The molecule has 0 bridgehead atoms. The summed E-state index contributed by atoms with van der Waals surface area (Å²) in [6.07, 6.45) is 0. The predicted octanol–water partition coefficient (Wildman–Crippen LogP) is 7.21. The van der Waals surface area contributed by atoms with Crippen LogP contribution in [-0.2, 0) is 5.41 Å². The van der Waals surface area contributed by atoms with Crippen molar-refractivity contribution >= 4 is 37.7 Å². The molecule has 0 aliphatic carbocycles. The summed E-state index contributed by atoms with van der Waals surface area (Å²) >= 11 is 3.73. The number of halogens is 1. The highest BCUT2D eigenvalue weighted by atomic mass is 79.9. The summed E-state index contributed by atoms with van der Waals surface area (Å²) in [5, 5.41) is 2.64. The highest BCUT2D eigenvalue weighted by Crippen LogP contribution is 2.48. The topological polar surface area (TPSA) is 4.93 Å². The number of hydrogen-bond donors (Lipinski definition) is 0. The Bertz CT molecular complexity index is 1100. The Balaban J connectivity index is 0.000000758. The van der Waals surface area contributed by atoms with Crippen molar-refractivity contribution < 1.29 is 0 Å². The molecule has 2 heteroatoms. The zero-order valence-corrected chi connectivity index (χ0v) is 16.7. The highest BCUT2D eigenvalue weighted by molar-refractivity contribution is 9.10. The molecule has 5 rings (SSSR count). The Hall–Kier alpha value is -2.06. The van der Waals surface area contributed by atoms with E-state index >= 15 is 0 Å². The predicted molar refractivity (Wildman–Crippen MR) is 112 cm³/mol. The summed E-state index contributed by atoms with van der Waals surface area (Å²) in [7, 11) is 0. The third-order valence-corrected chi connectivity index (χ3v) is 5.68. The number of para-hydroxylation sites is 2. The first kappa shape index (κ1) is 16.4. The fraction of sp³-hybridized carbons (Fsp3) is 0.217. The van der Waals surface area contributed by atoms with Gasteiger partial charge in [-0.15, -0.1) is 0 Å². The molecule has 0 amide bonds. The van der Waals surface area contributed by atoms with Crippen LogP contribution in [0.4, 0.5) is 0 Å². The van der Waals surface area contributed by atoms with Crippen LogP contribution in [0, 0.1) is 0 Å². The molecule has 4 aromatic rings. The molecule has 2 heterocycles. The maximum atomic E-state index is 3.73. The second-order valence-electron chi connectivity index (χ2n) is 6.84. The number of fused-ring (bicyclic) bond motifs is 5. The molecule has 0 fully saturated rings.